The van der Waals surface area contributed by atoms with Crippen LogP contribution < -0.4 is 0 Å². The average Bonchev–Trinajstić information content (AvgIpc) is 2.55. The van der Waals surface area contributed by atoms with E-state index in [0.717, 1.165) is 0 Å². The van der Waals surface area contributed by atoms with Gasteiger partial charge in [0.2, 0.25) is 0 Å². The van der Waals surface area contributed by atoms with Crippen molar-refractivity contribution in [3.05, 3.63) is 0 Å². The summed E-state index contributed by atoms with van der Waals surface area (Å²) in [6.07, 6.45) is -15.6. The molecule has 2 aliphatic rings. The van der Waals surface area contributed by atoms with Crippen LogP contribution in [0.2, 0.25) is 0 Å². The van der Waals surface area contributed by atoms with Crippen LogP contribution in [-0.2, 0) is 14.2 Å². The Morgan fingerprint density at radius 2 is 0.913 bits per heavy atom. The second kappa shape index (κ2) is 7.63. The van der Waals surface area contributed by atoms with Crippen LogP contribution in [0.25, 0.3) is 0 Å². The van der Waals surface area contributed by atoms with Crippen LogP contribution in [0.15, 0.2) is 0 Å². The monoisotopic (exact) mass is 342 g/mol. The fraction of sp³-hybridized carbons (Fsp3) is 1.00. The van der Waals surface area contributed by atoms with Crippen molar-refractivity contribution < 1.29 is 55.1 Å². The fourth-order valence-corrected chi connectivity index (χ4v) is 2.49. The van der Waals surface area contributed by atoms with Crippen molar-refractivity contribution in [2.45, 2.75) is 61.4 Å². The number of aliphatic hydroxyl groups is 8. The summed E-state index contributed by atoms with van der Waals surface area (Å²) < 4.78 is 15.3. The summed E-state index contributed by atoms with van der Waals surface area (Å²) in [6.45, 7) is -1.33. The average molecular weight is 342 g/mol. The van der Waals surface area contributed by atoms with Gasteiger partial charge in [0.1, 0.15) is 48.8 Å². The first-order valence-corrected chi connectivity index (χ1v) is 7.08. The lowest BCUT2D eigenvalue weighted by atomic mass is 9.98. The van der Waals surface area contributed by atoms with Crippen LogP contribution in [0.3, 0.4) is 0 Å². The van der Waals surface area contributed by atoms with Crippen molar-refractivity contribution in [1.82, 2.24) is 0 Å². The van der Waals surface area contributed by atoms with Gasteiger partial charge >= 0.3 is 0 Å². The maximum atomic E-state index is 9.84. The van der Waals surface area contributed by atoms with Gasteiger partial charge in [-0.25, -0.2) is 0 Å². The van der Waals surface area contributed by atoms with Crippen LogP contribution >= 0.6 is 0 Å². The molecule has 8 N–H and O–H groups in total. The van der Waals surface area contributed by atoms with Crippen molar-refractivity contribution >= 4 is 0 Å². The molecule has 0 aromatic carbocycles. The molecule has 11 heteroatoms. The first-order valence-electron chi connectivity index (χ1n) is 7.08. The molecule has 2 fully saturated rings. The molecule has 0 aromatic heterocycles. The van der Waals surface area contributed by atoms with Gasteiger partial charge < -0.3 is 55.1 Å². The van der Waals surface area contributed by atoms with Crippen LogP contribution in [0.1, 0.15) is 0 Å². The molecule has 0 saturated carbocycles. The summed E-state index contributed by atoms with van der Waals surface area (Å²) in [5, 5.41) is 76.4. The summed E-state index contributed by atoms with van der Waals surface area (Å²) in [6, 6.07) is 0. The van der Waals surface area contributed by atoms with Gasteiger partial charge in [0.25, 0.3) is 0 Å². The standard InChI is InChI=1S/C12H22O11/c13-1-3-5(15)7(17)9(19)11(21-3)23-12-10(20)8(18)6(16)4(2-14)22-12/h3-20H,1-2H2/t3?,4?,5-,6+,7?,8?,9?,10?,11+,12-. The van der Waals surface area contributed by atoms with Gasteiger partial charge in [-0.15, -0.1) is 0 Å². The van der Waals surface area contributed by atoms with E-state index in [0.29, 0.717) is 0 Å². The molecule has 2 rings (SSSR count). The normalized spacial score (nSPS) is 51.7. The van der Waals surface area contributed by atoms with E-state index in [1.165, 1.54) is 0 Å². The minimum absolute atomic E-state index is 0.667. The smallest absolute Gasteiger partial charge is 0.189 e. The van der Waals surface area contributed by atoms with Crippen molar-refractivity contribution in [3.63, 3.8) is 0 Å². The molecule has 0 aromatic rings. The number of rotatable bonds is 4. The molecule has 10 atom stereocenters. The second-order valence-electron chi connectivity index (χ2n) is 5.53. The van der Waals surface area contributed by atoms with Crippen molar-refractivity contribution in [2.24, 2.45) is 0 Å². The molecular weight excluding hydrogens is 320 g/mol. The van der Waals surface area contributed by atoms with Gasteiger partial charge in [-0.3, -0.25) is 0 Å². The first-order chi connectivity index (χ1) is 10.8. The Bertz CT molecular complexity index is 344. The molecule has 2 heterocycles. The number of hydrogen-bond acceptors (Lipinski definition) is 11. The van der Waals surface area contributed by atoms with Gasteiger partial charge in [0, 0.05) is 0 Å². The third kappa shape index (κ3) is 3.65. The van der Waals surface area contributed by atoms with E-state index in [1.54, 1.807) is 0 Å². The molecule has 11 nitrogen and oxygen atoms in total. The predicted octanol–water partition coefficient (Wildman–Crippen LogP) is -5.40. The zero-order valence-corrected chi connectivity index (χ0v) is 12.0. The Hall–Kier alpha value is -0.440. The Morgan fingerprint density at radius 1 is 0.565 bits per heavy atom. The maximum absolute atomic E-state index is 9.84. The third-order valence-corrected chi connectivity index (χ3v) is 3.97. The highest BCUT2D eigenvalue weighted by atomic mass is 16.8. The Kier molecular flexibility index (Phi) is 6.27. The molecule has 0 amide bonds. The van der Waals surface area contributed by atoms with E-state index < -0.39 is 74.6 Å². The maximum Gasteiger partial charge on any atom is 0.189 e. The molecule has 0 bridgehead atoms. The summed E-state index contributed by atoms with van der Waals surface area (Å²) in [7, 11) is 0. The summed E-state index contributed by atoms with van der Waals surface area (Å²) in [5.74, 6) is 0. The zero-order chi connectivity index (χ0) is 17.3. The molecule has 2 aliphatic heterocycles. The topological polar surface area (TPSA) is 190 Å². The van der Waals surface area contributed by atoms with E-state index >= 15 is 0 Å². The summed E-state index contributed by atoms with van der Waals surface area (Å²) >= 11 is 0. The lowest BCUT2D eigenvalue weighted by Crippen LogP contribution is -2.63. The quantitative estimate of drug-likeness (QED) is 0.243. The summed E-state index contributed by atoms with van der Waals surface area (Å²) in [4.78, 5) is 0. The van der Waals surface area contributed by atoms with E-state index in [2.05, 4.69) is 0 Å². The molecule has 0 spiro atoms. The van der Waals surface area contributed by atoms with Crippen molar-refractivity contribution in [1.29, 1.82) is 0 Å². The van der Waals surface area contributed by atoms with E-state index in [1.807, 2.05) is 0 Å². The number of hydrogen-bond donors (Lipinski definition) is 8. The van der Waals surface area contributed by atoms with Crippen molar-refractivity contribution in [3.8, 4) is 0 Å². The van der Waals surface area contributed by atoms with Crippen LogP contribution in [0.4, 0.5) is 0 Å². The fourth-order valence-electron chi connectivity index (χ4n) is 2.49. The first kappa shape index (κ1) is 18.9. The van der Waals surface area contributed by atoms with Gasteiger partial charge in [-0.2, -0.15) is 0 Å². The minimum Gasteiger partial charge on any atom is -0.394 e. The molecule has 6 unspecified atom stereocenters. The number of ether oxygens (including phenoxy) is 3. The highest BCUT2D eigenvalue weighted by Gasteiger charge is 2.49. The lowest BCUT2D eigenvalue weighted by Gasteiger charge is -2.44. The highest BCUT2D eigenvalue weighted by Crippen LogP contribution is 2.27. The molecule has 0 radical (unpaired) electrons. The summed E-state index contributed by atoms with van der Waals surface area (Å²) in [5.41, 5.74) is 0. The SMILES string of the molecule is OCC1O[C@@H](O[C@H]2OC(CO)[C@H](O)C(O)C2O)C(O)C(O)[C@@H]1O. The minimum atomic E-state index is -1.72. The van der Waals surface area contributed by atoms with Crippen LogP contribution in [-0.4, -0.2) is 115 Å². The molecule has 23 heavy (non-hydrogen) atoms. The van der Waals surface area contributed by atoms with E-state index in [-0.39, 0.29) is 0 Å². The molecule has 136 valence electrons. The predicted molar refractivity (Wildman–Crippen MR) is 68.6 cm³/mol. The number of aliphatic hydroxyl groups excluding tert-OH is 8. The van der Waals surface area contributed by atoms with Gasteiger partial charge in [-0.05, 0) is 0 Å². The van der Waals surface area contributed by atoms with Crippen molar-refractivity contribution in [2.75, 3.05) is 13.2 Å². The zero-order valence-electron chi connectivity index (χ0n) is 12.0. The van der Waals surface area contributed by atoms with Gasteiger partial charge in [0.15, 0.2) is 12.6 Å². The third-order valence-electron chi connectivity index (χ3n) is 3.97. The van der Waals surface area contributed by atoms with Gasteiger partial charge in [-0.1, -0.05) is 0 Å². The molecular formula is C12H22O11. The largest absolute Gasteiger partial charge is 0.394 e. The Balaban J connectivity index is 2.07. The van der Waals surface area contributed by atoms with Crippen LogP contribution in [0.5, 0.6) is 0 Å². The lowest BCUT2D eigenvalue weighted by molar-refractivity contribution is -0.376. The van der Waals surface area contributed by atoms with E-state index in [4.69, 9.17) is 24.4 Å². The second-order valence-corrected chi connectivity index (χ2v) is 5.53. The van der Waals surface area contributed by atoms with E-state index in [9.17, 15) is 30.6 Å². The Labute approximate surface area is 130 Å². The molecule has 0 aliphatic carbocycles. The highest BCUT2D eigenvalue weighted by molar-refractivity contribution is 4.92. The van der Waals surface area contributed by atoms with Crippen LogP contribution in [0, 0.1) is 0 Å². The van der Waals surface area contributed by atoms with Gasteiger partial charge in [0.05, 0.1) is 13.2 Å². The molecule has 2 saturated heterocycles. The Morgan fingerprint density at radius 3 is 1.22 bits per heavy atom.